The molecule has 1 aromatic heterocycles. The largest absolute Gasteiger partial charge is 0.481 e. The van der Waals surface area contributed by atoms with Crippen molar-refractivity contribution in [1.29, 1.82) is 5.41 Å². The fraction of sp³-hybridized carbons (Fsp3) is 0.125. The van der Waals surface area contributed by atoms with Crippen molar-refractivity contribution in [3.8, 4) is 0 Å². The van der Waals surface area contributed by atoms with Crippen molar-refractivity contribution in [1.82, 2.24) is 5.32 Å². The second kappa shape index (κ2) is 8.06. The molecule has 25 heavy (non-hydrogen) atoms. The molecule has 2 rings (SSSR count). The number of carboxylic acid groups (broad SMARTS) is 1. The molecule has 130 valence electrons. The first kappa shape index (κ1) is 18.1. The van der Waals surface area contributed by atoms with Gasteiger partial charge in [0.15, 0.2) is 0 Å². The van der Waals surface area contributed by atoms with E-state index in [-0.39, 0.29) is 24.7 Å². The molecule has 0 aliphatic heterocycles. The summed E-state index contributed by atoms with van der Waals surface area (Å²) in [7, 11) is 0. The number of aliphatic carboxylic acids is 1. The molecule has 0 saturated heterocycles. The summed E-state index contributed by atoms with van der Waals surface area (Å²) in [5.74, 6) is -1.81. The van der Waals surface area contributed by atoms with E-state index in [1.165, 1.54) is 0 Å². The fourth-order valence-electron chi connectivity index (χ4n) is 1.88. The fourth-order valence-corrected chi connectivity index (χ4v) is 2.70. The van der Waals surface area contributed by atoms with Crippen LogP contribution in [-0.2, 0) is 4.79 Å². The summed E-state index contributed by atoms with van der Waals surface area (Å²) in [6.07, 6.45) is -0.156. The molecule has 2 aromatic rings. The Kier molecular flexibility index (Phi) is 5.85. The third kappa shape index (κ3) is 5.15. The van der Waals surface area contributed by atoms with Gasteiger partial charge in [0.2, 0.25) is 0 Å². The number of nitrogen functional groups attached to an aromatic ring is 1. The standard InChI is InChI=1S/C16H16N4O4S/c17-14(18)9-1-3-10(4-2-9)15(23)20-12-6-5-11(25-12)16(24)19-8-7-13(21)22/h1-6H,7-8H2,(H3,17,18)(H,19,24)(H,20,23)(H,21,22). The van der Waals surface area contributed by atoms with Crippen molar-refractivity contribution in [2.75, 3.05) is 11.9 Å². The number of amides is 2. The molecule has 6 N–H and O–H groups in total. The molecule has 0 unspecified atom stereocenters. The predicted octanol–water partition coefficient (Wildman–Crippen LogP) is 1.49. The van der Waals surface area contributed by atoms with Gasteiger partial charge in [-0.15, -0.1) is 11.3 Å². The molecule has 0 spiro atoms. The lowest BCUT2D eigenvalue weighted by Crippen LogP contribution is -2.25. The lowest BCUT2D eigenvalue weighted by Gasteiger charge is -2.04. The second-order valence-corrected chi connectivity index (χ2v) is 6.09. The monoisotopic (exact) mass is 360 g/mol. The highest BCUT2D eigenvalue weighted by Gasteiger charge is 2.12. The first-order chi connectivity index (χ1) is 11.9. The Morgan fingerprint density at radius 2 is 1.68 bits per heavy atom. The van der Waals surface area contributed by atoms with Crippen molar-refractivity contribution < 1.29 is 19.5 Å². The van der Waals surface area contributed by atoms with Crippen molar-refractivity contribution in [2.45, 2.75) is 6.42 Å². The molecule has 0 aliphatic rings. The summed E-state index contributed by atoms with van der Waals surface area (Å²) in [6.45, 7) is 0.0380. The van der Waals surface area contributed by atoms with Gasteiger partial charge in [0, 0.05) is 17.7 Å². The van der Waals surface area contributed by atoms with Gasteiger partial charge in [0.1, 0.15) is 5.84 Å². The molecule has 1 aromatic carbocycles. The van der Waals surface area contributed by atoms with Crippen LogP contribution in [0.2, 0.25) is 0 Å². The van der Waals surface area contributed by atoms with Gasteiger partial charge in [-0.1, -0.05) is 12.1 Å². The van der Waals surface area contributed by atoms with E-state index in [1.54, 1.807) is 36.4 Å². The zero-order chi connectivity index (χ0) is 18.4. The second-order valence-electron chi connectivity index (χ2n) is 5.01. The van der Waals surface area contributed by atoms with E-state index in [0.29, 0.717) is 21.0 Å². The van der Waals surface area contributed by atoms with Crippen LogP contribution < -0.4 is 16.4 Å². The van der Waals surface area contributed by atoms with Crippen LogP contribution in [0.25, 0.3) is 0 Å². The predicted molar refractivity (Wildman–Crippen MR) is 94.3 cm³/mol. The minimum Gasteiger partial charge on any atom is -0.481 e. The Balaban J connectivity index is 1.95. The maximum Gasteiger partial charge on any atom is 0.305 e. The van der Waals surface area contributed by atoms with Crippen LogP contribution in [0.4, 0.5) is 5.00 Å². The Morgan fingerprint density at radius 3 is 2.28 bits per heavy atom. The molecular weight excluding hydrogens is 344 g/mol. The summed E-state index contributed by atoms with van der Waals surface area (Å²) in [4.78, 5) is 34.8. The lowest BCUT2D eigenvalue weighted by molar-refractivity contribution is -0.136. The van der Waals surface area contributed by atoms with Gasteiger partial charge in [-0.2, -0.15) is 0 Å². The zero-order valence-corrected chi connectivity index (χ0v) is 13.9. The van der Waals surface area contributed by atoms with Crippen LogP contribution in [0.3, 0.4) is 0 Å². The van der Waals surface area contributed by atoms with E-state index in [9.17, 15) is 14.4 Å². The number of thiophene rings is 1. The van der Waals surface area contributed by atoms with Crippen molar-refractivity contribution >= 4 is 40.0 Å². The summed E-state index contributed by atoms with van der Waals surface area (Å²) in [5, 5.41) is 21.5. The molecule has 9 heteroatoms. The molecule has 8 nitrogen and oxygen atoms in total. The Hall–Kier alpha value is -3.20. The highest BCUT2D eigenvalue weighted by atomic mass is 32.1. The first-order valence-electron chi connectivity index (χ1n) is 7.22. The average molecular weight is 360 g/mol. The first-order valence-corrected chi connectivity index (χ1v) is 8.04. The zero-order valence-electron chi connectivity index (χ0n) is 13.0. The summed E-state index contributed by atoms with van der Waals surface area (Å²) >= 11 is 1.09. The van der Waals surface area contributed by atoms with Gasteiger partial charge in [-0.3, -0.25) is 19.8 Å². The Bertz CT molecular complexity index is 814. The molecule has 0 aliphatic carbocycles. The lowest BCUT2D eigenvalue weighted by atomic mass is 10.1. The van der Waals surface area contributed by atoms with Gasteiger partial charge >= 0.3 is 5.97 Å². The number of carbonyl (C=O) groups is 3. The number of nitrogens with one attached hydrogen (secondary N) is 3. The van der Waals surface area contributed by atoms with Crippen molar-refractivity contribution in [2.24, 2.45) is 5.73 Å². The molecular formula is C16H16N4O4S. The third-order valence-electron chi connectivity index (χ3n) is 3.15. The summed E-state index contributed by atoms with van der Waals surface area (Å²) < 4.78 is 0. The number of anilines is 1. The number of hydrogen-bond acceptors (Lipinski definition) is 5. The van der Waals surface area contributed by atoms with E-state index < -0.39 is 11.9 Å². The number of benzene rings is 1. The highest BCUT2D eigenvalue weighted by molar-refractivity contribution is 7.18. The smallest absolute Gasteiger partial charge is 0.305 e. The Morgan fingerprint density at radius 1 is 1.04 bits per heavy atom. The molecule has 0 fully saturated rings. The van der Waals surface area contributed by atoms with E-state index in [0.717, 1.165) is 11.3 Å². The topological polar surface area (TPSA) is 145 Å². The van der Waals surface area contributed by atoms with Gasteiger partial charge < -0.3 is 21.5 Å². The van der Waals surface area contributed by atoms with Crippen LogP contribution in [-0.4, -0.2) is 35.3 Å². The molecule has 0 bridgehead atoms. The van der Waals surface area contributed by atoms with Crippen LogP contribution in [0.5, 0.6) is 0 Å². The minimum atomic E-state index is -0.991. The van der Waals surface area contributed by atoms with Crippen LogP contribution in [0.15, 0.2) is 36.4 Å². The maximum atomic E-state index is 12.2. The van der Waals surface area contributed by atoms with Gasteiger partial charge in [0.05, 0.1) is 16.3 Å². The normalized spacial score (nSPS) is 10.1. The van der Waals surface area contributed by atoms with Gasteiger partial charge in [-0.25, -0.2) is 0 Å². The Labute approximate surface area is 147 Å². The van der Waals surface area contributed by atoms with Gasteiger partial charge in [0.25, 0.3) is 11.8 Å². The SMILES string of the molecule is N=C(N)c1ccc(C(=O)Nc2ccc(C(=O)NCCC(=O)O)s2)cc1. The molecule has 0 radical (unpaired) electrons. The quantitative estimate of drug-likeness (QED) is 0.375. The molecule has 2 amide bonds. The van der Waals surface area contributed by atoms with Crippen molar-refractivity contribution in [3.05, 3.63) is 52.4 Å². The average Bonchev–Trinajstić information content (AvgIpc) is 3.03. The molecule has 0 saturated carbocycles. The highest BCUT2D eigenvalue weighted by Crippen LogP contribution is 2.22. The number of nitrogens with two attached hydrogens (primary N) is 1. The van der Waals surface area contributed by atoms with E-state index in [2.05, 4.69) is 10.6 Å². The number of carboxylic acids is 1. The molecule has 0 atom stereocenters. The van der Waals surface area contributed by atoms with E-state index in [1.807, 2.05) is 0 Å². The number of rotatable bonds is 7. The van der Waals surface area contributed by atoms with Crippen LogP contribution in [0, 0.1) is 5.41 Å². The van der Waals surface area contributed by atoms with Gasteiger partial charge in [-0.05, 0) is 24.3 Å². The summed E-state index contributed by atoms with van der Waals surface area (Å²) in [6, 6.07) is 9.41. The number of hydrogen-bond donors (Lipinski definition) is 5. The third-order valence-corrected chi connectivity index (χ3v) is 4.15. The molecule has 1 heterocycles. The van der Waals surface area contributed by atoms with Crippen LogP contribution in [0.1, 0.15) is 32.0 Å². The van der Waals surface area contributed by atoms with E-state index in [4.69, 9.17) is 16.2 Å². The maximum absolute atomic E-state index is 12.2. The minimum absolute atomic E-state index is 0.0380. The van der Waals surface area contributed by atoms with Crippen molar-refractivity contribution in [3.63, 3.8) is 0 Å². The van der Waals surface area contributed by atoms with E-state index >= 15 is 0 Å². The number of carbonyl (C=O) groups excluding carboxylic acids is 2. The van der Waals surface area contributed by atoms with Crippen LogP contribution >= 0.6 is 11.3 Å². The number of amidine groups is 1. The summed E-state index contributed by atoms with van der Waals surface area (Å²) in [5.41, 5.74) is 6.28.